The first-order chi connectivity index (χ1) is 13.2. The lowest BCUT2D eigenvalue weighted by Gasteiger charge is -2.30. The van der Waals surface area contributed by atoms with Gasteiger partial charge in [-0.2, -0.15) is 4.31 Å². The number of carbonyl (C=O) groups is 2. The van der Waals surface area contributed by atoms with E-state index in [9.17, 15) is 18.0 Å². The van der Waals surface area contributed by atoms with Crippen molar-refractivity contribution >= 4 is 49.7 Å². The molecule has 0 spiro atoms. The summed E-state index contributed by atoms with van der Waals surface area (Å²) in [5, 5.41) is 3.01. The Bertz CT molecular complexity index is 996. The van der Waals surface area contributed by atoms with Crippen molar-refractivity contribution in [2.24, 2.45) is 5.92 Å². The molecule has 1 aliphatic heterocycles. The first-order valence-electron chi connectivity index (χ1n) is 8.65. The van der Waals surface area contributed by atoms with Gasteiger partial charge in [0.2, 0.25) is 5.91 Å². The molecule has 1 N–H and O–H groups in total. The number of aromatic nitrogens is 1. The molecule has 1 amide bonds. The molecular formula is C17H21N3O5S3. The van der Waals surface area contributed by atoms with Gasteiger partial charge in [0.05, 0.1) is 18.7 Å². The van der Waals surface area contributed by atoms with E-state index in [-0.39, 0.29) is 12.5 Å². The number of esters is 1. The minimum Gasteiger partial charge on any atom is -0.465 e. The summed E-state index contributed by atoms with van der Waals surface area (Å²) >= 11 is 2.27. The molecular weight excluding hydrogens is 422 g/mol. The first-order valence-corrected chi connectivity index (χ1v) is 11.7. The van der Waals surface area contributed by atoms with Gasteiger partial charge in [-0.3, -0.25) is 4.79 Å². The standard InChI is InChI=1S/C17H21N3O5S3/c1-10-6-7-13(26-10)28(23,24)20-8-4-5-12(9-20)15(21)19-17-18-11(2)14(27-17)16(22)25-3/h6-7,12H,4-5,8-9H2,1-3H3,(H,18,19,21). The van der Waals surface area contributed by atoms with Crippen LogP contribution in [0.3, 0.4) is 0 Å². The van der Waals surface area contributed by atoms with Gasteiger partial charge in [-0.15, -0.1) is 11.3 Å². The van der Waals surface area contributed by atoms with Crippen LogP contribution < -0.4 is 5.32 Å². The molecule has 2 aromatic rings. The van der Waals surface area contributed by atoms with Crippen LogP contribution in [-0.4, -0.2) is 49.8 Å². The van der Waals surface area contributed by atoms with E-state index in [4.69, 9.17) is 4.74 Å². The number of ether oxygens (including phenoxy) is 1. The van der Waals surface area contributed by atoms with E-state index in [1.54, 1.807) is 19.1 Å². The van der Waals surface area contributed by atoms with Gasteiger partial charge >= 0.3 is 5.97 Å². The van der Waals surface area contributed by atoms with Gasteiger partial charge in [-0.05, 0) is 38.8 Å². The van der Waals surface area contributed by atoms with Crippen molar-refractivity contribution in [1.29, 1.82) is 0 Å². The zero-order valence-electron chi connectivity index (χ0n) is 15.7. The third-order valence-corrected chi connectivity index (χ3v) is 8.85. The number of methoxy groups -OCH3 is 1. The van der Waals surface area contributed by atoms with Crippen molar-refractivity contribution in [2.45, 2.75) is 30.9 Å². The minimum absolute atomic E-state index is 0.124. The van der Waals surface area contributed by atoms with Gasteiger partial charge in [0, 0.05) is 18.0 Å². The van der Waals surface area contributed by atoms with Crippen molar-refractivity contribution in [3.8, 4) is 0 Å². The van der Waals surface area contributed by atoms with Gasteiger partial charge in [0.25, 0.3) is 10.0 Å². The number of nitrogens with zero attached hydrogens (tertiary/aromatic N) is 2. The third kappa shape index (κ3) is 4.27. The Morgan fingerprint density at radius 3 is 2.68 bits per heavy atom. The molecule has 1 fully saturated rings. The van der Waals surface area contributed by atoms with Crippen LogP contribution in [-0.2, 0) is 19.6 Å². The molecule has 0 radical (unpaired) electrons. The van der Waals surface area contributed by atoms with E-state index in [0.29, 0.717) is 39.3 Å². The minimum atomic E-state index is -3.60. The van der Waals surface area contributed by atoms with E-state index in [0.717, 1.165) is 16.2 Å². The van der Waals surface area contributed by atoms with Crippen LogP contribution in [0.4, 0.5) is 5.13 Å². The molecule has 1 atom stereocenters. The summed E-state index contributed by atoms with van der Waals surface area (Å²) < 4.78 is 32.0. The lowest BCUT2D eigenvalue weighted by molar-refractivity contribution is -0.120. The van der Waals surface area contributed by atoms with Gasteiger partial charge in [-0.25, -0.2) is 18.2 Å². The molecule has 3 rings (SSSR count). The zero-order chi connectivity index (χ0) is 20.5. The maximum atomic E-state index is 12.8. The Kier molecular flexibility index (Phi) is 6.18. The number of rotatable bonds is 5. The van der Waals surface area contributed by atoms with E-state index < -0.39 is 21.9 Å². The van der Waals surface area contributed by atoms with E-state index in [1.807, 2.05) is 6.92 Å². The highest BCUT2D eigenvalue weighted by Crippen LogP contribution is 2.29. The van der Waals surface area contributed by atoms with Gasteiger partial charge in [0.15, 0.2) is 5.13 Å². The highest BCUT2D eigenvalue weighted by atomic mass is 32.2. The number of carbonyl (C=O) groups excluding carboxylic acids is 2. The van der Waals surface area contributed by atoms with Gasteiger partial charge < -0.3 is 10.1 Å². The van der Waals surface area contributed by atoms with Gasteiger partial charge in [0.1, 0.15) is 9.09 Å². The maximum absolute atomic E-state index is 12.8. The average molecular weight is 444 g/mol. The molecule has 1 saturated heterocycles. The molecule has 28 heavy (non-hydrogen) atoms. The number of piperidine rings is 1. The topological polar surface area (TPSA) is 106 Å². The number of thiophene rings is 1. The van der Waals surface area contributed by atoms with Crippen LogP contribution in [0.2, 0.25) is 0 Å². The summed E-state index contributed by atoms with van der Waals surface area (Å²) in [6, 6.07) is 3.38. The normalized spacial score (nSPS) is 18.0. The molecule has 152 valence electrons. The van der Waals surface area contributed by atoms with Crippen molar-refractivity contribution in [1.82, 2.24) is 9.29 Å². The predicted octanol–water partition coefficient (Wildman–Crippen LogP) is 2.65. The number of hydrogen-bond donors (Lipinski definition) is 1. The van der Waals surface area contributed by atoms with Crippen molar-refractivity contribution in [3.63, 3.8) is 0 Å². The van der Waals surface area contributed by atoms with Crippen molar-refractivity contribution < 1.29 is 22.7 Å². The van der Waals surface area contributed by atoms with E-state index in [2.05, 4.69) is 10.3 Å². The summed E-state index contributed by atoms with van der Waals surface area (Å²) in [5.74, 6) is -1.28. The summed E-state index contributed by atoms with van der Waals surface area (Å²) in [4.78, 5) is 29.8. The maximum Gasteiger partial charge on any atom is 0.350 e. The summed E-state index contributed by atoms with van der Waals surface area (Å²) in [6.45, 7) is 4.04. The van der Waals surface area contributed by atoms with Crippen molar-refractivity contribution in [3.05, 3.63) is 27.6 Å². The van der Waals surface area contributed by atoms with Crippen LogP contribution >= 0.6 is 22.7 Å². The number of anilines is 1. The Hall–Kier alpha value is -1.82. The van der Waals surface area contributed by atoms with Crippen LogP contribution in [0.5, 0.6) is 0 Å². The van der Waals surface area contributed by atoms with E-state index >= 15 is 0 Å². The predicted molar refractivity (Wildman–Crippen MR) is 107 cm³/mol. The second-order valence-corrected chi connectivity index (χ2v) is 10.9. The van der Waals surface area contributed by atoms with Crippen LogP contribution in [0, 0.1) is 19.8 Å². The number of nitrogens with one attached hydrogen (secondary N) is 1. The Morgan fingerprint density at radius 1 is 1.29 bits per heavy atom. The first kappa shape index (κ1) is 20.9. The number of amides is 1. The lowest BCUT2D eigenvalue weighted by atomic mass is 9.99. The molecule has 2 aromatic heterocycles. The number of hydrogen-bond acceptors (Lipinski definition) is 8. The second kappa shape index (κ2) is 8.27. The van der Waals surface area contributed by atoms with Crippen LogP contribution in [0.15, 0.2) is 16.3 Å². The fourth-order valence-electron chi connectivity index (χ4n) is 2.99. The molecule has 0 aromatic carbocycles. The molecule has 0 saturated carbocycles. The summed E-state index contributed by atoms with van der Waals surface area (Å²) in [7, 11) is -2.32. The number of sulfonamides is 1. The van der Waals surface area contributed by atoms with Crippen LogP contribution in [0.1, 0.15) is 33.1 Å². The molecule has 1 unspecified atom stereocenters. The fraction of sp³-hybridized carbons (Fsp3) is 0.471. The van der Waals surface area contributed by atoms with Crippen LogP contribution in [0.25, 0.3) is 0 Å². The van der Waals surface area contributed by atoms with Crippen molar-refractivity contribution in [2.75, 3.05) is 25.5 Å². The monoisotopic (exact) mass is 443 g/mol. The average Bonchev–Trinajstić information content (AvgIpc) is 3.27. The van der Waals surface area contributed by atoms with Gasteiger partial charge in [-0.1, -0.05) is 11.3 Å². The molecule has 1 aliphatic rings. The lowest BCUT2D eigenvalue weighted by Crippen LogP contribution is -2.43. The molecule has 0 aliphatic carbocycles. The highest BCUT2D eigenvalue weighted by Gasteiger charge is 2.34. The van der Waals surface area contributed by atoms with E-state index in [1.165, 1.54) is 22.8 Å². The zero-order valence-corrected chi connectivity index (χ0v) is 18.2. The molecule has 11 heteroatoms. The molecule has 3 heterocycles. The number of aryl methyl sites for hydroxylation is 2. The summed E-state index contributed by atoms with van der Waals surface area (Å²) in [6.07, 6.45) is 1.20. The Morgan fingerprint density at radius 2 is 2.04 bits per heavy atom. The second-order valence-electron chi connectivity index (χ2n) is 6.48. The largest absolute Gasteiger partial charge is 0.465 e. The molecule has 8 nitrogen and oxygen atoms in total. The Labute approximate surface area is 171 Å². The highest BCUT2D eigenvalue weighted by molar-refractivity contribution is 7.91. The quantitative estimate of drug-likeness (QED) is 0.712. The number of thiazole rings is 1. The summed E-state index contributed by atoms with van der Waals surface area (Å²) in [5.41, 5.74) is 0.480. The SMILES string of the molecule is COC(=O)c1sc(NC(=O)C2CCCN(S(=O)(=O)c3ccc(C)s3)C2)nc1C. The Balaban J connectivity index is 1.70. The third-order valence-electron chi connectivity index (χ3n) is 4.46. The molecule has 0 bridgehead atoms. The smallest absolute Gasteiger partial charge is 0.350 e. The fourth-order valence-corrected chi connectivity index (χ4v) is 6.84.